The fourth-order valence-corrected chi connectivity index (χ4v) is 1.92. The van der Waals surface area contributed by atoms with Crippen molar-refractivity contribution in [1.29, 1.82) is 0 Å². The van der Waals surface area contributed by atoms with E-state index in [0.717, 1.165) is 11.3 Å². The van der Waals surface area contributed by atoms with Crippen molar-refractivity contribution in [2.24, 2.45) is 0 Å². The van der Waals surface area contributed by atoms with Crippen molar-refractivity contribution in [2.75, 3.05) is 0 Å². The molecule has 0 aliphatic rings. The molecule has 0 spiro atoms. The average molecular weight is 253 g/mol. The summed E-state index contributed by atoms with van der Waals surface area (Å²) in [6, 6.07) is 12.4. The lowest BCUT2D eigenvalue weighted by molar-refractivity contribution is 0.585. The Morgan fingerprint density at radius 2 is 1.95 bits per heavy atom. The summed E-state index contributed by atoms with van der Waals surface area (Å²) in [4.78, 5) is 4.06. The van der Waals surface area contributed by atoms with Gasteiger partial charge in [-0.2, -0.15) is 5.10 Å². The van der Waals surface area contributed by atoms with E-state index in [4.69, 9.17) is 0 Å². The van der Waals surface area contributed by atoms with Crippen molar-refractivity contribution in [3.63, 3.8) is 0 Å². The second-order valence-corrected chi connectivity index (χ2v) is 4.23. The highest BCUT2D eigenvalue weighted by Gasteiger charge is 2.05. The van der Waals surface area contributed by atoms with E-state index in [9.17, 15) is 4.39 Å². The lowest BCUT2D eigenvalue weighted by Crippen LogP contribution is -2.02. The highest BCUT2D eigenvalue weighted by atomic mass is 19.1. The maximum Gasteiger partial charge on any atom is 0.128 e. The minimum absolute atomic E-state index is 0.207. The van der Waals surface area contributed by atoms with Gasteiger partial charge in [0.15, 0.2) is 0 Å². The number of hydrogen-bond donors (Lipinski definition) is 0. The number of halogens is 1. The number of nitrogens with zero attached hydrogens (tertiary/aromatic N) is 3. The molecule has 0 bridgehead atoms. The molecule has 0 unspecified atom stereocenters. The second-order valence-electron chi connectivity index (χ2n) is 4.23. The van der Waals surface area contributed by atoms with Gasteiger partial charge in [-0.25, -0.2) is 4.39 Å². The summed E-state index contributed by atoms with van der Waals surface area (Å²) < 4.78 is 15.3. The first-order chi connectivity index (χ1) is 9.33. The number of benzene rings is 1. The molecule has 0 aliphatic heterocycles. The van der Waals surface area contributed by atoms with Gasteiger partial charge in [0.1, 0.15) is 5.82 Å². The molecule has 3 aromatic rings. The Labute approximate surface area is 110 Å². The van der Waals surface area contributed by atoms with Crippen molar-refractivity contribution in [3.05, 3.63) is 72.4 Å². The third kappa shape index (κ3) is 2.52. The van der Waals surface area contributed by atoms with Gasteiger partial charge < -0.3 is 0 Å². The molecule has 0 saturated heterocycles. The lowest BCUT2D eigenvalue weighted by Gasteiger charge is -2.03. The summed E-state index contributed by atoms with van der Waals surface area (Å²) in [5.41, 5.74) is 2.42. The molecule has 0 atom stereocenters. The molecule has 3 nitrogen and oxygen atoms in total. The van der Waals surface area contributed by atoms with Crippen LogP contribution < -0.4 is 0 Å². The van der Waals surface area contributed by atoms with Crippen LogP contribution >= 0.6 is 0 Å². The first-order valence-corrected chi connectivity index (χ1v) is 6.00. The summed E-state index contributed by atoms with van der Waals surface area (Å²) in [5, 5.41) is 4.43. The summed E-state index contributed by atoms with van der Waals surface area (Å²) in [6.07, 6.45) is 5.32. The molecular formula is C15H12FN3. The molecule has 3 rings (SSSR count). The molecule has 94 valence electrons. The molecule has 0 N–H and O–H groups in total. The normalized spacial score (nSPS) is 10.6. The molecule has 0 fully saturated rings. The van der Waals surface area contributed by atoms with Crippen LogP contribution in [0.2, 0.25) is 0 Å². The minimum Gasteiger partial charge on any atom is -0.268 e. The Hall–Kier alpha value is -2.49. The highest BCUT2D eigenvalue weighted by molar-refractivity contribution is 5.56. The Morgan fingerprint density at radius 1 is 1.05 bits per heavy atom. The van der Waals surface area contributed by atoms with Crippen molar-refractivity contribution in [2.45, 2.75) is 6.54 Å². The van der Waals surface area contributed by atoms with Gasteiger partial charge >= 0.3 is 0 Å². The zero-order valence-electron chi connectivity index (χ0n) is 10.2. The van der Waals surface area contributed by atoms with Crippen LogP contribution in [0.15, 0.2) is 61.1 Å². The zero-order chi connectivity index (χ0) is 13.1. The van der Waals surface area contributed by atoms with Gasteiger partial charge in [-0.15, -0.1) is 0 Å². The third-order valence-electron chi connectivity index (χ3n) is 2.89. The van der Waals surface area contributed by atoms with Crippen LogP contribution in [0.1, 0.15) is 5.56 Å². The van der Waals surface area contributed by atoms with E-state index in [1.165, 1.54) is 6.07 Å². The highest BCUT2D eigenvalue weighted by Crippen LogP contribution is 2.16. The predicted molar refractivity (Wildman–Crippen MR) is 71.0 cm³/mol. The minimum atomic E-state index is -0.207. The third-order valence-corrected chi connectivity index (χ3v) is 2.89. The number of aromatic nitrogens is 3. The SMILES string of the molecule is Fc1ccccc1Cn1ccc(-c2cccnc2)n1. The number of pyridine rings is 1. The van der Waals surface area contributed by atoms with Crippen molar-refractivity contribution in [1.82, 2.24) is 14.8 Å². The van der Waals surface area contributed by atoms with Gasteiger partial charge in [-0.3, -0.25) is 9.67 Å². The molecule has 0 saturated carbocycles. The average Bonchev–Trinajstić information content (AvgIpc) is 2.91. The Balaban J connectivity index is 1.85. The topological polar surface area (TPSA) is 30.7 Å². The lowest BCUT2D eigenvalue weighted by atomic mass is 10.2. The smallest absolute Gasteiger partial charge is 0.128 e. The Bertz CT molecular complexity index is 677. The fourth-order valence-electron chi connectivity index (χ4n) is 1.92. The van der Waals surface area contributed by atoms with Gasteiger partial charge in [0.2, 0.25) is 0 Å². The molecule has 2 heterocycles. The molecule has 19 heavy (non-hydrogen) atoms. The quantitative estimate of drug-likeness (QED) is 0.718. The van der Waals surface area contributed by atoms with Crippen LogP contribution in [0, 0.1) is 5.82 Å². The van der Waals surface area contributed by atoms with Crippen molar-refractivity contribution < 1.29 is 4.39 Å². The van der Waals surface area contributed by atoms with Gasteiger partial charge in [-0.05, 0) is 24.3 Å². The molecular weight excluding hydrogens is 241 g/mol. The maximum absolute atomic E-state index is 13.6. The Morgan fingerprint density at radius 3 is 2.74 bits per heavy atom. The van der Waals surface area contributed by atoms with Crippen LogP contribution in [0.5, 0.6) is 0 Å². The van der Waals surface area contributed by atoms with Crippen LogP contribution in [-0.2, 0) is 6.54 Å². The van der Waals surface area contributed by atoms with E-state index < -0.39 is 0 Å². The van der Waals surface area contributed by atoms with E-state index in [0.29, 0.717) is 12.1 Å². The van der Waals surface area contributed by atoms with E-state index in [1.54, 1.807) is 29.2 Å². The van der Waals surface area contributed by atoms with E-state index in [1.807, 2.05) is 30.5 Å². The standard InChI is InChI=1S/C15H12FN3/c16-14-6-2-1-4-13(14)11-19-9-7-15(18-19)12-5-3-8-17-10-12/h1-10H,11H2. The van der Waals surface area contributed by atoms with Crippen molar-refractivity contribution >= 4 is 0 Å². The predicted octanol–water partition coefficient (Wildman–Crippen LogP) is 3.13. The molecule has 2 aromatic heterocycles. The van der Waals surface area contributed by atoms with Crippen LogP contribution in [0.4, 0.5) is 4.39 Å². The monoisotopic (exact) mass is 253 g/mol. The molecule has 1 aromatic carbocycles. The summed E-state index contributed by atoms with van der Waals surface area (Å²) in [6.45, 7) is 0.424. The molecule has 4 heteroatoms. The van der Waals surface area contributed by atoms with Crippen molar-refractivity contribution in [3.8, 4) is 11.3 Å². The number of rotatable bonds is 3. The fraction of sp³-hybridized carbons (Fsp3) is 0.0667. The first kappa shape index (κ1) is 11.6. The molecule has 0 aliphatic carbocycles. The van der Waals surface area contributed by atoms with Crippen LogP contribution in [-0.4, -0.2) is 14.8 Å². The Kier molecular flexibility index (Phi) is 3.06. The summed E-state index contributed by atoms with van der Waals surface area (Å²) in [5.74, 6) is -0.207. The molecule has 0 amide bonds. The summed E-state index contributed by atoms with van der Waals surface area (Å²) in [7, 11) is 0. The largest absolute Gasteiger partial charge is 0.268 e. The van der Waals surface area contributed by atoms with E-state index in [-0.39, 0.29) is 5.82 Å². The van der Waals surface area contributed by atoms with Gasteiger partial charge in [-0.1, -0.05) is 18.2 Å². The van der Waals surface area contributed by atoms with Gasteiger partial charge in [0, 0.05) is 29.7 Å². The first-order valence-electron chi connectivity index (χ1n) is 6.00. The van der Waals surface area contributed by atoms with E-state index >= 15 is 0 Å². The molecule has 0 radical (unpaired) electrons. The van der Waals surface area contributed by atoms with Gasteiger partial charge in [0.25, 0.3) is 0 Å². The zero-order valence-corrected chi connectivity index (χ0v) is 10.2. The van der Waals surface area contributed by atoms with Crippen LogP contribution in [0.25, 0.3) is 11.3 Å². The van der Waals surface area contributed by atoms with Gasteiger partial charge in [0.05, 0.1) is 12.2 Å². The maximum atomic E-state index is 13.6. The summed E-state index contributed by atoms with van der Waals surface area (Å²) >= 11 is 0. The van der Waals surface area contributed by atoms with Crippen LogP contribution in [0.3, 0.4) is 0 Å². The second kappa shape index (κ2) is 5.02. The number of hydrogen-bond acceptors (Lipinski definition) is 2. The van der Waals surface area contributed by atoms with E-state index in [2.05, 4.69) is 10.1 Å².